The Balaban J connectivity index is 2.75. The highest BCUT2D eigenvalue weighted by atomic mass is 16.5. The van der Waals surface area contributed by atoms with E-state index in [0.717, 1.165) is 12.1 Å². The molecule has 0 amide bonds. The number of Topliss-reactive ketones (excluding diaryl/α,β-unsaturated/α-hetero) is 1. The van der Waals surface area contributed by atoms with Gasteiger partial charge in [-0.1, -0.05) is 43.7 Å². The molecule has 0 fully saturated rings. The molecule has 4 nitrogen and oxygen atoms in total. The van der Waals surface area contributed by atoms with Gasteiger partial charge in [0.1, 0.15) is 0 Å². The van der Waals surface area contributed by atoms with Gasteiger partial charge in [0.15, 0.2) is 5.78 Å². The van der Waals surface area contributed by atoms with Crippen molar-refractivity contribution in [2.45, 2.75) is 39.7 Å². The predicted molar refractivity (Wildman–Crippen MR) is 83.4 cm³/mol. The average molecular weight is 291 g/mol. The molecule has 1 aromatic rings. The molecule has 0 saturated carbocycles. The van der Waals surface area contributed by atoms with Crippen molar-refractivity contribution in [3.8, 4) is 0 Å². The lowest BCUT2D eigenvalue weighted by atomic mass is 9.98. The highest BCUT2D eigenvalue weighted by Gasteiger charge is 2.21. The third-order valence-corrected chi connectivity index (χ3v) is 3.29. The number of carbonyl (C=O) groups excluding carboxylic acids is 2. The van der Waals surface area contributed by atoms with Crippen molar-refractivity contribution in [1.29, 1.82) is 0 Å². The van der Waals surface area contributed by atoms with Gasteiger partial charge in [0.05, 0.1) is 13.2 Å². The molecule has 0 spiro atoms. The molecule has 0 aliphatic rings. The van der Waals surface area contributed by atoms with Gasteiger partial charge in [0.25, 0.3) is 0 Å². The molecule has 1 rings (SSSR count). The smallest absolute Gasteiger partial charge is 0.305 e. The number of nitrogens with one attached hydrogen (secondary N) is 1. The van der Waals surface area contributed by atoms with Crippen LogP contribution in [0.15, 0.2) is 24.3 Å². The lowest BCUT2D eigenvalue weighted by Crippen LogP contribution is -2.39. The predicted octanol–water partition coefficient (Wildman–Crippen LogP) is 2.75. The fourth-order valence-electron chi connectivity index (χ4n) is 1.99. The third-order valence-electron chi connectivity index (χ3n) is 3.29. The van der Waals surface area contributed by atoms with E-state index in [-0.39, 0.29) is 24.2 Å². The molecule has 1 unspecified atom stereocenters. The zero-order valence-corrected chi connectivity index (χ0v) is 13.3. The van der Waals surface area contributed by atoms with E-state index in [4.69, 9.17) is 0 Å². The summed E-state index contributed by atoms with van der Waals surface area (Å²) in [7, 11) is 1.36. The van der Waals surface area contributed by atoms with Gasteiger partial charge in [-0.3, -0.25) is 9.59 Å². The van der Waals surface area contributed by atoms with Crippen molar-refractivity contribution < 1.29 is 14.3 Å². The van der Waals surface area contributed by atoms with E-state index in [1.807, 2.05) is 31.2 Å². The maximum atomic E-state index is 12.6. The molecule has 21 heavy (non-hydrogen) atoms. The molecule has 116 valence electrons. The Morgan fingerprint density at radius 2 is 1.81 bits per heavy atom. The Labute approximate surface area is 126 Å². The Hall–Kier alpha value is -1.68. The fourth-order valence-corrected chi connectivity index (χ4v) is 1.99. The number of methoxy groups -OCH3 is 1. The van der Waals surface area contributed by atoms with Gasteiger partial charge >= 0.3 is 5.97 Å². The molecule has 1 aromatic carbocycles. The second-order valence-corrected chi connectivity index (χ2v) is 5.70. The monoisotopic (exact) mass is 291 g/mol. The molecule has 0 saturated heterocycles. The van der Waals surface area contributed by atoms with E-state index < -0.39 is 0 Å². The number of benzene rings is 1. The largest absolute Gasteiger partial charge is 0.469 e. The van der Waals surface area contributed by atoms with Crippen LogP contribution in [0.25, 0.3) is 0 Å². The first-order valence-corrected chi connectivity index (χ1v) is 7.35. The summed E-state index contributed by atoms with van der Waals surface area (Å²) in [6, 6.07) is 7.16. The summed E-state index contributed by atoms with van der Waals surface area (Å²) < 4.78 is 4.65. The van der Waals surface area contributed by atoms with Crippen molar-refractivity contribution in [3.63, 3.8) is 0 Å². The Morgan fingerprint density at radius 1 is 1.19 bits per heavy atom. The minimum atomic E-state index is -0.353. The Kier molecular flexibility index (Phi) is 7.09. The van der Waals surface area contributed by atoms with Crippen LogP contribution in [-0.4, -0.2) is 31.4 Å². The highest BCUT2D eigenvalue weighted by molar-refractivity contribution is 6.00. The van der Waals surface area contributed by atoms with Crippen molar-refractivity contribution in [2.75, 3.05) is 13.7 Å². The van der Waals surface area contributed by atoms with Gasteiger partial charge in [0, 0.05) is 12.0 Å². The summed E-state index contributed by atoms with van der Waals surface area (Å²) in [6.07, 6.45) is 0.690. The Bertz CT molecular complexity index is 465. The summed E-state index contributed by atoms with van der Waals surface area (Å²) >= 11 is 0. The number of esters is 1. The van der Waals surface area contributed by atoms with Crippen molar-refractivity contribution in [1.82, 2.24) is 5.32 Å². The lowest BCUT2D eigenvalue weighted by Gasteiger charge is -2.18. The topological polar surface area (TPSA) is 55.4 Å². The number of hydrogen-bond donors (Lipinski definition) is 1. The van der Waals surface area contributed by atoms with Crippen molar-refractivity contribution in [2.24, 2.45) is 5.92 Å². The second kappa shape index (κ2) is 8.57. The Morgan fingerprint density at radius 3 is 2.33 bits per heavy atom. The molecule has 0 aliphatic heterocycles. The van der Waals surface area contributed by atoms with E-state index >= 15 is 0 Å². The van der Waals surface area contributed by atoms with Crippen LogP contribution in [0.5, 0.6) is 0 Å². The van der Waals surface area contributed by atoms with Crippen LogP contribution in [-0.2, 0) is 9.53 Å². The fraction of sp³-hybridized carbons (Fsp3) is 0.529. The lowest BCUT2D eigenvalue weighted by molar-refractivity contribution is -0.140. The number of rotatable bonds is 8. The van der Waals surface area contributed by atoms with Gasteiger partial charge in [0.2, 0.25) is 0 Å². The molecule has 1 N–H and O–H groups in total. The van der Waals surface area contributed by atoms with Crippen LogP contribution < -0.4 is 5.32 Å². The molecule has 1 atom stereocenters. The summed E-state index contributed by atoms with van der Waals surface area (Å²) in [4.78, 5) is 23.9. The summed E-state index contributed by atoms with van der Waals surface area (Å²) in [6.45, 7) is 6.89. The zero-order chi connectivity index (χ0) is 15.8. The SMILES string of the molecule is COC(=O)CCC(NCC(C)C)C(=O)c1ccc(C)cc1. The van der Waals surface area contributed by atoms with E-state index in [2.05, 4.69) is 23.9 Å². The van der Waals surface area contributed by atoms with Gasteiger partial charge in [-0.05, 0) is 25.8 Å². The van der Waals surface area contributed by atoms with Gasteiger partial charge < -0.3 is 10.1 Å². The number of hydrogen-bond acceptors (Lipinski definition) is 4. The van der Waals surface area contributed by atoms with Gasteiger partial charge in [-0.25, -0.2) is 0 Å². The van der Waals surface area contributed by atoms with E-state index in [0.29, 0.717) is 17.9 Å². The number of ketones is 1. The minimum absolute atomic E-state index is 0.0274. The molecule has 4 heteroatoms. The first kappa shape index (κ1) is 17.4. The molecular weight excluding hydrogens is 266 g/mol. The number of aryl methyl sites for hydroxylation is 1. The number of ether oxygens (including phenoxy) is 1. The molecule has 0 aromatic heterocycles. The summed E-state index contributed by atoms with van der Waals surface area (Å²) in [5.74, 6) is 0.180. The first-order chi connectivity index (χ1) is 9.93. The van der Waals surface area contributed by atoms with Crippen LogP contribution in [0, 0.1) is 12.8 Å². The van der Waals surface area contributed by atoms with Crippen LogP contribution in [0.4, 0.5) is 0 Å². The second-order valence-electron chi connectivity index (χ2n) is 5.70. The summed E-state index contributed by atoms with van der Waals surface area (Å²) in [5.41, 5.74) is 1.79. The van der Waals surface area contributed by atoms with E-state index in [9.17, 15) is 9.59 Å². The van der Waals surface area contributed by atoms with Crippen molar-refractivity contribution in [3.05, 3.63) is 35.4 Å². The van der Waals surface area contributed by atoms with E-state index in [1.165, 1.54) is 7.11 Å². The molecule has 0 radical (unpaired) electrons. The minimum Gasteiger partial charge on any atom is -0.469 e. The summed E-state index contributed by atoms with van der Waals surface area (Å²) in [5, 5.41) is 3.25. The van der Waals surface area contributed by atoms with Crippen LogP contribution in [0.2, 0.25) is 0 Å². The van der Waals surface area contributed by atoms with Crippen molar-refractivity contribution >= 4 is 11.8 Å². The number of carbonyl (C=O) groups is 2. The normalized spacial score (nSPS) is 12.2. The third kappa shape index (κ3) is 6.08. The maximum absolute atomic E-state index is 12.6. The quantitative estimate of drug-likeness (QED) is 0.591. The standard InChI is InChI=1S/C17H25NO3/c1-12(2)11-18-15(9-10-16(19)21-4)17(20)14-7-5-13(3)6-8-14/h5-8,12,15,18H,9-11H2,1-4H3. The molecule has 0 aliphatic carbocycles. The zero-order valence-electron chi connectivity index (χ0n) is 13.3. The van der Waals surface area contributed by atoms with Gasteiger partial charge in [-0.2, -0.15) is 0 Å². The van der Waals surface area contributed by atoms with Crippen LogP contribution in [0.1, 0.15) is 42.6 Å². The van der Waals surface area contributed by atoms with Crippen LogP contribution in [0.3, 0.4) is 0 Å². The molecule has 0 bridgehead atoms. The molecule has 0 heterocycles. The molecular formula is C17H25NO3. The highest BCUT2D eigenvalue weighted by Crippen LogP contribution is 2.11. The first-order valence-electron chi connectivity index (χ1n) is 7.35. The van der Waals surface area contributed by atoms with E-state index in [1.54, 1.807) is 0 Å². The van der Waals surface area contributed by atoms with Gasteiger partial charge in [-0.15, -0.1) is 0 Å². The average Bonchev–Trinajstić information content (AvgIpc) is 2.46. The maximum Gasteiger partial charge on any atom is 0.305 e. The van der Waals surface area contributed by atoms with Crippen LogP contribution >= 0.6 is 0 Å².